The van der Waals surface area contributed by atoms with Crippen molar-refractivity contribution < 1.29 is 14.3 Å². The molecular weight excluding hydrogens is 472 g/mol. The normalized spacial score (nSPS) is 11.4. The number of carbonyl (C=O) groups excluding carboxylic acids is 1. The van der Waals surface area contributed by atoms with Gasteiger partial charge in [0.1, 0.15) is 22.5 Å². The average Bonchev–Trinajstić information content (AvgIpc) is 3.19. The standard InChI is InChI=1S/C24H23BrN4O3/c1-4-31-19-12-8-18(9-13-19)29-27-21-14-7-17(15-22(21)28-29)26-23(30)24(2,3)32-20-10-5-16(25)6-11-20/h5-15H,4H2,1-3H3,(H,26,30). The monoisotopic (exact) mass is 494 g/mol. The lowest BCUT2D eigenvalue weighted by Gasteiger charge is -2.25. The van der Waals surface area contributed by atoms with Crippen molar-refractivity contribution in [3.8, 4) is 17.2 Å². The number of benzene rings is 3. The van der Waals surface area contributed by atoms with Crippen LogP contribution in [0.2, 0.25) is 0 Å². The molecule has 0 aliphatic heterocycles. The molecule has 0 fully saturated rings. The number of anilines is 1. The molecule has 1 amide bonds. The summed E-state index contributed by atoms with van der Waals surface area (Å²) in [7, 11) is 0. The molecule has 0 saturated heterocycles. The van der Waals surface area contributed by atoms with E-state index < -0.39 is 5.60 Å². The largest absolute Gasteiger partial charge is 0.494 e. The van der Waals surface area contributed by atoms with Crippen LogP contribution in [-0.4, -0.2) is 33.1 Å². The summed E-state index contributed by atoms with van der Waals surface area (Å²) in [5, 5.41) is 12.0. The topological polar surface area (TPSA) is 78.3 Å². The van der Waals surface area contributed by atoms with Crippen molar-refractivity contribution in [1.29, 1.82) is 0 Å². The number of hydrogen-bond acceptors (Lipinski definition) is 5. The van der Waals surface area contributed by atoms with Crippen LogP contribution in [0.1, 0.15) is 20.8 Å². The van der Waals surface area contributed by atoms with E-state index in [0.29, 0.717) is 23.6 Å². The predicted octanol–water partition coefficient (Wildman–Crippen LogP) is 5.38. The highest BCUT2D eigenvalue weighted by atomic mass is 79.9. The van der Waals surface area contributed by atoms with Crippen LogP contribution in [-0.2, 0) is 4.79 Å². The Bertz CT molecular complexity index is 1230. The Balaban J connectivity index is 1.49. The van der Waals surface area contributed by atoms with Gasteiger partial charge in [0.15, 0.2) is 5.60 Å². The maximum Gasteiger partial charge on any atom is 0.267 e. The van der Waals surface area contributed by atoms with E-state index in [-0.39, 0.29) is 5.91 Å². The number of fused-ring (bicyclic) bond motifs is 1. The zero-order valence-corrected chi connectivity index (χ0v) is 19.6. The van der Waals surface area contributed by atoms with E-state index in [0.717, 1.165) is 21.4 Å². The van der Waals surface area contributed by atoms with Gasteiger partial charge in [0.2, 0.25) is 0 Å². The highest BCUT2D eigenvalue weighted by Gasteiger charge is 2.30. The molecule has 0 bridgehead atoms. The summed E-state index contributed by atoms with van der Waals surface area (Å²) in [4.78, 5) is 14.4. The van der Waals surface area contributed by atoms with E-state index in [9.17, 15) is 4.79 Å². The van der Waals surface area contributed by atoms with E-state index in [1.54, 1.807) is 30.8 Å². The van der Waals surface area contributed by atoms with Crippen LogP contribution in [0.5, 0.6) is 11.5 Å². The van der Waals surface area contributed by atoms with E-state index in [4.69, 9.17) is 9.47 Å². The number of carbonyl (C=O) groups is 1. The number of amides is 1. The Hall–Kier alpha value is -3.39. The number of nitrogens with one attached hydrogen (secondary N) is 1. The molecule has 0 saturated carbocycles. The Labute approximate surface area is 194 Å². The molecule has 4 aromatic rings. The number of rotatable bonds is 7. The molecule has 0 spiro atoms. The van der Waals surface area contributed by atoms with Gasteiger partial charge >= 0.3 is 0 Å². The third kappa shape index (κ3) is 4.91. The second kappa shape index (κ2) is 9.00. The Morgan fingerprint density at radius 2 is 1.62 bits per heavy atom. The van der Waals surface area contributed by atoms with Gasteiger partial charge in [0, 0.05) is 10.2 Å². The van der Waals surface area contributed by atoms with E-state index in [2.05, 4.69) is 31.4 Å². The summed E-state index contributed by atoms with van der Waals surface area (Å²) in [6, 6.07) is 20.3. The summed E-state index contributed by atoms with van der Waals surface area (Å²) in [6.45, 7) is 6.01. The molecule has 0 aliphatic rings. The molecule has 1 aromatic heterocycles. The highest BCUT2D eigenvalue weighted by Crippen LogP contribution is 2.24. The summed E-state index contributed by atoms with van der Waals surface area (Å²) >= 11 is 3.39. The van der Waals surface area contributed by atoms with Crippen LogP contribution in [0, 0.1) is 0 Å². The predicted molar refractivity (Wildman–Crippen MR) is 128 cm³/mol. The van der Waals surface area contributed by atoms with E-state index >= 15 is 0 Å². The molecule has 4 rings (SSSR count). The van der Waals surface area contributed by atoms with Crippen LogP contribution >= 0.6 is 15.9 Å². The number of nitrogens with zero attached hydrogens (tertiary/aromatic N) is 3. The Morgan fingerprint density at radius 3 is 2.31 bits per heavy atom. The second-order valence-corrected chi connectivity index (χ2v) is 8.56. The summed E-state index contributed by atoms with van der Waals surface area (Å²) in [6.07, 6.45) is 0. The van der Waals surface area contributed by atoms with Crippen molar-refractivity contribution in [2.24, 2.45) is 0 Å². The average molecular weight is 495 g/mol. The fourth-order valence-electron chi connectivity index (χ4n) is 3.08. The first-order valence-corrected chi connectivity index (χ1v) is 11.0. The van der Waals surface area contributed by atoms with Gasteiger partial charge in [-0.05, 0) is 87.5 Å². The smallest absolute Gasteiger partial charge is 0.267 e. The molecule has 7 nitrogen and oxygen atoms in total. The van der Waals surface area contributed by atoms with Crippen molar-refractivity contribution in [1.82, 2.24) is 15.0 Å². The van der Waals surface area contributed by atoms with Crippen LogP contribution in [0.25, 0.3) is 16.7 Å². The van der Waals surface area contributed by atoms with Crippen LogP contribution in [0.3, 0.4) is 0 Å². The van der Waals surface area contributed by atoms with Crippen molar-refractivity contribution in [3.05, 3.63) is 71.2 Å². The lowest BCUT2D eigenvalue weighted by Crippen LogP contribution is -2.42. The summed E-state index contributed by atoms with van der Waals surface area (Å²) in [5.41, 5.74) is 1.77. The maximum absolute atomic E-state index is 12.9. The lowest BCUT2D eigenvalue weighted by molar-refractivity contribution is -0.128. The van der Waals surface area contributed by atoms with Gasteiger partial charge in [-0.25, -0.2) is 0 Å². The van der Waals surface area contributed by atoms with Crippen LogP contribution < -0.4 is 14.8 Å². The number of aromatic nitrogens is 3. The molecule has 1 heterocycles. The molecule has 3 aromatic carbocycles. The highest BCUT2D eigenvalue weighted by molar-refractivity contribution is 9.10. The van der Waals surface area contributed by atoms with Gasteiger partial charge in [-0.1, -0.05) is 15.9 Å². The summed E-state index contributed by atoms with van der Waals surface area (Å²) < 4.78 is 12.3. The van der Waals surface area contributed by atoms with Gasteiger partial charge < -0.3 is 14.8 Å². The van der Waals surface area contributed by atoms with Crippen LogP contribution in [0.15, 0.2) is 71.2 Å². The van der Waals surface area contributed by atoms with E-state index in [1.165, 1.54) is 0 Å². The van der Waals surface area contributed by atoms with Crippen molar-refractivity contribution in [2.75, 3.05) is 11.9 Å². The molecule has 0 aliphatic carbocycles. The molecule has 1 N–H and O–H groups in total. The molecule has 32 heavy (non-hydrogen) atoms. The fraction of sp³-hybridized carbons (Fsp3) is 0.208. The molecule has 0 atom stereocenters. The minimum atomic E-state index is -1.07. The molecular formula is C24H23BrN4O3. The van der Waals surface area contributed by atoms with Gasteiger partial charge in [0.05, 0.1) is 12.3 Å². The van der Waals surface area contributed by atoms with Crippen molar-refractivity contribution in [2.45, 2.75) is 26.4 Å². The van der Waals surface area contributed by atoms with Gasteiger partial charge in [0.25, 0.3) is 5.91 Å². The zero-order chi connectivity index (χ0) is 22.7. The fourth-order valence-corrected chi connectivity index (χ4v) is 3.34. The minimum absolute atomic E-state index is 0.265. The first-order chi connectivity index (χ1) is 15.3. The molecule has 164 valence electrons. The van der Waals surface area contributed by atoms with Crippen LogP contribution in [0.4, 0.5) is 5.69 Å². The zero-order valence-electron chi connectivity index (χ0n) is 18.0. The first kappa shape index (κ1) is 21.8. The summed E-state index contributed by atoms with van der Waals surface area (Å²) in [5.74, 6) is 1.15. The first-order valence-electron chi connectivity index (χ1n) is 10.2. The Morgan fingerprint density at radius 1 is 0.969 bits per heavy atom. The van der Waals surface area contributed by atoms with Gasteiger partial charge in [-0.15, -0.1) is 10.2 Å². The van der Waals surface area contributed by atoms with Crippen molar-refractivity contribution in [3.63, 3.8) is 0 Å². The number of ether oxygens (including phenoxy) is 2. The van der Waals surface area contributed by atoms with Gasteiger partial charge in [-0.2, -0.15) is 4.80 Å². The third-order valence-electron chi connectivity index (χ3n) is 4.75. The van der Waals surface area contributed by atoms with Gasteiger partial charge in [-0.3, -0.25) is 4.79 Å². The molecule has 0 unspecified atom stereocenters. The Kier molecular flexibility index (Phi) is 6.14. The molecule has 0 radical (unpaired) electrons. The van der Waals surface area contributed by atoms with Crippen molar-refractivity contribution >= 4 is 38.6 Å². The third-order valence-corrected chi connectivity index (χ3v) is 5.28. The number of hydrogen-bond donors (Lipinski definition) is 1. The minimum Gasteiger partial charge on any atom is -0.494 e. The SMILES string of the molecule is CCOc1ccc(-n2nc3ccc(NC(=O)C(C)(C)Oc4ccc(Br)cc4)cc3n2)cc1. The molecule has 8 heteroatoms. The second-order valence-electron chi connectivity index (χ2n) is 7.64. The number of halogens is 1. The quantitative estimate of drug-likeness (QED) is 0.373. The van der Waals surface area contributed by atoms with E-state index in [1.807, 2.05) is 61.5 Å². The maximum atomic E-state index is 12.9. The lowest BCUT2D eigenvalue weighted by atomic mass is 10.1.